The lowest BCUT2D eigenvalue weighted by Crippen LogP contribution is -2.42. The van der Waals surface area contributed by atoms with E-state index in [2.05, 4.69) is 5.32 Å². The number of nitrogens with two attached hydrogens (primary N) is 1. The Morgan fingerprint density at radius 1 is 1.37 bits per heavy atom. The molecule has 0 spiro atoms. The number of benzene rings is 1. The number of halogens is 1. The fourth-order valence-electron chi connectivity index (χ4n) is 1.69. The van der Waals surface area contributed by atoms with Crippen LogP contribution in [-0.2, 0) is 16.0 Å². The maximum absolute atomic E-state index is 13.3. The predicted octanol–water partition coefficient (Wildman–Crippen LogP) is 0.677. The number of nitrogens with one attached hydrogen (secondary N) is 1. The van der Waals surface area contributed by atoms with Gasteiger partial charge in [0.05, 0.1) is 6.04 Å². The highest BCUT2D eigenvalue weighted by atomic mass is 19.1. The summed E-state index contributed by atoms with van der Waals surface area (Å²) >= 11 is 0. The fourth-order valence-corrected chi connectivity index (χ4v) is 1.69. The Morgan fingerprint density at radius 3 is 2.63 bits per heavy atom. The number of carboxylic acids is 1. The van der Waals surface area contributed by atoms with Crippen LogP contribution in [0.5, 0.6) is 0 Å². The second kappa shape index (κ2) is 7.48. The average Bonchev–Trinajstić information content (AvgIpc) is 2.34. The zero-order chi connectivity index (χ0) is 14.3. The van der Waals surface area contributed by atoms with Gasteiger partial charge in [-0.3, -0.25) is 9.59 Å². The number of hydrogen-bond donors (Lipinski definition) is 3. The number of carbonyl (C=O) groups is 2. The van der Waals surface area contributed by atoms with Crippen molar-refractivity contribution < 1.29 is 19.1 Å². The Balaban J connectivity index is 2.42. The summed E-state index contributed by atoms with van der Waals surface area (Å²) < 4.78 is 13.3. The van der Waals surface area contributed by atoms with E-state index in [0.717, 1.165) is 0 Å². The van der Waals surface area contributed by atoms with Crippen molar-refractivity contribution in [2.75, 3.05) is 6.54 Å². The SMILES string of the molecule is NC(=O)[C@H](CCC(=O)O)NCCc1ccccc1F. The zero-order valence-corrected chi connectivity index (χ0v) is 10.4. The standard InChI is InChI=1S/C13H17FN2O3/c14-10-4-2-1-3-9(10)7-8-16-11(13(15)19)5-6-12(17)18/h1-4,11,16H,5-8H2,(H2,15,19)(H,17,18)/t11-/m0/s1. The largest absolute Gasteiger partial charge is 0.481 e. The number of carbonyl (C=O) groups excluding carboxylic acids is 1. The van der Waals surface area contributed by atoms with Gasteiger partial charge in [0.2, 0.25) is 5.91 Å². The van der Waals surface area contributed by atoms with E-state index in [1.54, 1.807) is 18.2 Å². The summed E-state index contributed by atoms with van der Waals surface area (Å²) in [6, 6.07) is 5.65. The Kier molecular flexibility index (Phi) is 5.95. The molecule has 0 bridgehead atoms. The van der Waals surface area contributed by atoms with Gasteiger partial charge in [-0.1, -0.05) is 18.2 Å². The lowest BCUT2D eigenvalue weighted by Gasteiger charge is -2.14. The molecular formula is C13H17FN2O3. The first-order chi connectivity index (χ1) is 9.00. The second-order valence-electron chi connectivity index (χ2n) is 4.18. The number of aliphatic carboxylic acids is 1. The molecular weight excluding hydrogens is 251 g/mol. The highest BCUT2D eigenvalue weighted by Gasteiger charge is 2.15. The topological polar surface area (TPSA) is 92.4 Å². The minimum absolute atomic E-state index is 0.127. The molecule has 0 aliphatic carbocycles. The minimum atomic E-state index is -0.984. The van der Waals surface area contributed by atoms with Crippen molar-refractivity contribution in [1.29, 1.82) is 0 Å². The number of carboxylic acid groups (broad SMARTS) is 1. The summed E-state index contributed by atoms with van der Waals surface area (Å²) in [5.74, 6) is -1.89. The molecule has 0 unspecified atom stereocenters. The van der Waals surface area contributed by atoms with E-state index in [1.807, 2.05) is 0 Å². The molecule has 1 rings (SSSR count). The van der Waals surface area contributed by atoms with Crippen molar-refractivity contribution >= 4 is 11.9 Å². The number of rotatable bonds is 8. The van der Waals surface area contributed by atoms with Crippen LogP contribution < -0.4 is 11.1 Å². The van der Waals surface area contributed by atoms with Gasteiger partial charge in [-0.15, -0.1) is 0 Å². The van der Waals surface area contributed by atoms with Crippen LogP contribution in [0.25, 0.3) is 0 Å². The molecule has 6 heteroatoms. The Labute approximate surface area is 110 Å². The molecule has 0 aliphatic rings. The van der Waals surface area contributed by atoms with Gasteiger partial charge in [0.1, 0.15) is 5.82 Å². The molecule has 0 heterocycles. The third kappa shape index (κ3) is 5.48. The smallest absolute Gasteiger partial charge is 0.303 e. The van der Waals surface area contributed by atoms with Crippen LogP contribution in [0.4, 0.5) is 4.39 Å². The Morgan fingerprint density at radius 2 is 2.05 bits per heavy atom. The van der Waals surface area contributed by atoms with Crippen LogP contribution in [0.2, 0.25) is 0 Å². The fraction of sp³-hybridized carbons (Fsp3) is 0.385. The van der Waals surface area contributed by atoms with E-state index >= 15 is 0 Å². The number of hydrogen-bond acceptors (Lipinski definition) is 3. The van der Waals surface area contributed by atoms with Gasteiger partial charge >= 0.3 is 5.97 Å². The van der Waals surface area contributed by atoms with E-state index < -0.39 is 17.9 Å². The van der Waals surface area contributed by atoms with Gasteiger partial charge in [0.25, 0.3) is 0 Å². The van der Waals surface area contributed by atoms with Crippen molar-refractivity contribution in [3.63, 3.8) is 0 Å². The molecule has 104 valence electrons. The Hall–Kier alpha value is -1.95. The molecule has 0 saturated carbocycles. The van der Waals surface area contributed by atoms with Crippen molar-refractivity contribution in [2.24, 2.45) is 5.73 Å². The average molecular weight is 268 g/mol. The molecule has 0 saturated heterocycles. The molecule has 19 heavy (non-hydrogen) atoms. The highest BCUT2D eigenvalue weighted by Crippen LogP contribution is 2.06. The quantitative estimate of drug-likeness (QED) is 0.646. The molecule has 1 aromatic carbocycles. The summed E-state index contributed by atoms with van der Waals surface area (Å²) in [5.41, 5.74) is 5.70. The summed E-state index contributed by atoms with van der Waals surface area (Å²) in [7, 11) is 0. The molecule has 1 amide bonds. The van der Waals surface area contributed by atoms with E-state index in [9.17, 15) is 14.0 Å². The summed E-state index contributed by atoms with van der Waals surface area (Å²) in [5, 5.41) is 11.4. The summed E-state index contributed by atoms with van der Waals surface area (Å²) in [4.78, 5) is 21.6. The second-order valence-corrected chi connectivity index (χ2v) is 4.18. The van der Waals surface area contributed by atoms with Crippen LogP contribution in [0, 0.1) is 5.82 Å². The lowest BCUT2D eigenvalue weighted by molar-refractivity contribution is -0.137. The first-order valence-corrected chi connectivity index (χ1v) is 5.98. The molecule has 0 radical (unpaired) electrons. The Bertz CT molecular complexity index is 451. The molecule has 4 N–H and O–H groups in total. The van der Waals surface area contributed by atoms with Crippen LogP contribution in [0.1, 0.15) is 18.4 Å². The van der Waals surface area contributed by atoms with Crippen molar-refractivity contribution in [3.05, 3.63) is 35.6 Å². The molecule has 0 fully saturated rings. The van der Waals surface area contributed by atoms with Gasteiger partial charge in [0, 0.05) is 13.0 Å². The van der Waals surface area contributed by atoms with Crippen molar-refractivity contribution in [3.8, 4) is 0 Å². The predicted molar refractivity (Wildman–Crippen MR) is 68.0 cm³/mol. The molecule has 5 nitrogen and oxygen atoms in total. The first-order valence-electron chi connectivity index (χ1n) is 5.98. The van der Waals surface area contributed by atoms with E-state index in [-0.39, 0.29) is 18.7 Å². The summed E-state index contributed by atoms with van der Waals surface area (Å²) in [6.45, 7) is 0.355. The highest BCUT2D eigenvalue weighted by molar-refractivity contribution is 5.80. The number of primary amides is 1. The van der Waals surface area contributed by atoms with Crippen LogP contribution in [-0.4, -0.2) is 29.6 Å². The first kappa shape index (κ1) is 15.1. The van der Waals surface area contributed by atoms with E-state index in [1.165, 1.54) is 6.07 Å². The van der Waals surface area contributed by atoms with Gasteiger partial charge in [0.15, 0.2) is 0 Å². The maximum Gasteiger partial charge on any atom is 0.303 e. The number of amides is 1. The third-order valence-corrected chi connectivity index (χ3v) is 2.73. The monoisotopic (exact) mass is 268 g/mol. The van der Waals surface area contributed by atoms with Crippen LogP contribution in [0.3, 0.4) is 0 Å². The lowest BCUT2D eigenvalue weighted by atomic mass is 10.1. The van der Waals surface area contributed by atoms with Gasteiger partial charge < -0.3 is 16.2 Å². The minimum Gasteiger partial charge on any atom is -0.481 e. The van der Waals surface area contributed by atoms with Crippen molar-refractivity contribution in [2.45, 2.75) is 25.3 Å². The van der Waals surface area contributed by atoms with Gasteiger partial charge in [-0.05, 0) is 24.5 Å². The van der Waals surface area contributed by atoms with Crippen molar-refractivity contribution in [1.82, 2.24) is 5.32 Å². The summed E-state index contributed by atoms with van der Waals surface area (Å²) in [6.07, 6.45) is 0.395. The normalized spacial score (nSPS) is 12.1. The van der Waals surface area contributed by atoms with Gasteiger partial charge in [-0.25, -0.2) is 4.39 Å². The van der Waals surface area contributed by atoms with Gasteiger partial charge in [-0.2, -0.15) is 0 Å². The molecule has 0 aliphatic heterocycles. The van der Waals surface area contributed by atoms with E-state index in [0.29, 0.717) is 18.5 Å². The molecule has 1 aromatic rings. The maximum atomic E-state index is 13.3. The third-order valence-electron chi connectivity index (χ3n) is 2.73. The zero-order valence-electron chi connectivity index (χ0n) is 10.4. The van der Waals surface area contributed by atoms with E-state index in [4.69, 9.17) is 10.8 Å². The van der Waals surface area contributed by atoms with Crippen LogP contribution >= 0.6 is 0 Å². The molecule has 0 aromatic heterocycles. The molecule has 1 atom stereocenters. The van der Waals surface area contributed by atoms with Crippen LogP contribution in [0.15, 0.2) is 24.3 Å².